The molecule has 0 amide bonds. The van der Waals surface area contributed by atoms with Crippen LogP contribution in [0.3, 0.4) is 0 Å². The predicted octanol–water partition coefficient (Wildman–Crippen LogP) is 5.07. The number of nitrogens with zero attached hydrogens (tertiary/aromatic N) is 2. The Balaban J connectivity index is 1.88. The molecule has 0 bridgehead atoms. The van der Waals surface area contributed by atoms with Crippen LogP contribution in [0.1, 0.15) is 32.1 Å². The molecule has 2 heterocycles. The molecule has 0 radical (unpaired) electrons. The molecule has 1 fully saturated rings. The van der Waals surface area contributed by atoms with E-state index >= 15 is 0 Å². The lowest BCUT2D eigenvalue weighted by Crippen LogP contribution is -2.27. The molecule has 116 valence electrons. The van der Waals surface area contributed by atoms with E-state index in [1.807, 2.05) is 18.2 Å². The van der Waals surface area contributed by atoms with Gasteiger partial charge in [-0.2, -0.15) is 0 Å². The molecule has 3 rings (SSSR count). The van der Waals surface area contributed by atoms with Gasteiger partial charge < -0.3 is 4.90 Å². The largest absolute Gasteiger partial charge is 0.345 e. The second-order valence-corrected chi connectivity index (χ2v) is 5.89. The van der Waals surface area contributed by atoms with Crippen LogP contribution < -0.4 is 4.90 Å². The highest BCUT2D eigenvalue weighted by Crippen LogP contribution is 2.38. The number of hydrogen-bond acceptors (Lipinski definition) is 2. The quantitative estimate of drug-likeness (QED) is 0.758. The molecule has 0 saturated carbocycles. The Morgan fingerprint density at radius 1 is 1.18 bits per heavy atom. The normalized spacial score (nSPS) is 23.4. The Morgan fingerprint density at radius 3 is 2.73 bits per heavy atom. The Bertz CT molecular complexity index is 619. The molecule has 4 heteroatoms. The summed E-state index contributed by atoms with van der Waals surface area (Å²) in [6.45, 7) is 4.79. The third-order valence-electron chi connectivity index (χ3n) is 4.44. The first kappa shape index (κ1) is 14.9. The number of aromatic nitrogens is 1. The average molecular weight is 302 g/mol. The van der Waals surface area contributed by atoms with Crippen LogP contribution in [0, 0.1) is 5.92 Å². The first-order valence-electron chi connectivity index (χ1n) is 7.76. The maximum atomic E-state index is 14.2. The van der Waals surface area contributed by atoms with Crippen molar-refractivity contribution >= 4 is 5.69 Å². The molecule has 1 aliphatic carbocycles. The minimum Gasteiger partial charge on any atom is -0.345 e. The molecular formula is C18H20F2N2. The summed E-state index contributed by atoms with van der Waals surface area (Å²) in [6.07, 6.45) is 8.78. The van der Waals surface area contributed by atoms with Crippen molar-refractivity contribution < 1.29 is 8.78 Å². The number of halogens is 2. The maximum absolute atomic E-state index is 14.2. The highest BCUT2D eigenvalue weighted by Gasteiger charge is 2.28. The van der Waals surface area contributed by atoms with Gasteiger partial charge in [-0.05, 0) is 43.4 Å². The monoisotopic (exact) mass is 302 g/mol. The number of rotatable bonds is 2. The molecule has 0 aromatic carbocycles. The van der Waals surface area contributed by atoms with E-state index in [-0.39, 0.29) is 12.3 Å². The van der Waals surface area contributed by atoms with E-state index in [4.69, 9.17) is 0 Å². The minimum atomic E-state index is -0.640. The number of hydrogen-bond donors (Lipinski definition) is 0. The summed E-state index contributed by atoms with van der Waals surface area (Å²) in [6, 6.07) is 3.85. The summed E-state index contributed by atoms with van der Waals surface area (Å²) in [4.78, 5) is 6.15. The Labute approximate surface area is 129 Å². The van der Waals surface area contributed by atoms with E-state index in [1.165, 1.54) is 0 Å². The molecule has 1 unspecified atom stereocenters. The van der Waals surface area contributed by atoms with Gasteiger partial charge in [-0.15, -0.1) is 0 Å². The molecule has 22 heavy (non-hydrogen) atoms. The first-order chi connectivity index (χ1) is 10.7. The van der Waals surface area contributed by atoms with Crippen molar-refractivity contribution in [3.05, 3.63) is 60.1 Å². The fourth-order valence-corrected chi connectivity index (χ4v) is 3.25. The second kappa shape index (κ2) is 6.42. The van der Waals surface area contributed by atoms with Crippen LogP contribution in [-0.4, -0.2) is 11.5 Å². The summed E-state index contributed by atoms with van der Waals surface area (Å²) < 4.78 is 27.8. The van der Waals surface area contributed by atoms with E-state index < -0.39 is 11.7 Å². The van der Waals surface area contributed by atoms with E-state index in [2.05, 4.69) is 16.5 Å². The summed E-state index contributed by atoms with van der Waals surface area (Å²) >= 11 is 0. The molecule has 1 aromatic rings. The molecule has 1 atom stereocenters. The van der Waals surface area contributed by atoms with Crippen molar-refractivity contribution in [1.29, 1.82) is 0 Å². The van der Waals surface area contributed by atoms with Crippen LogP contribution in [-0.2, 0) is 0 Å². The van der Waals surface area contributed by atoms with Gasteiger partial charge in [-0.3, -0.25) is 4.98 Å². The van der Waals surface area contributed by atoms with Crippen molar-refractivity contribution in [3.63, 3.8) is 0 Å². The van der Waals surface area contributed by atoms with Crippen LogP contribution in [0.5, 0.6) is 0 Å². The molecular weight excluding hydrogens is 282 g/mol. The number of pyridine rings is 1. The SMILES string of the molecule is C=C1CCCC(C2=CCCC(F)=C2F)CN1c1ccncc1. The molecule has 2 nitrogen and oxygen atoms in total. The topological polar surface area (TPSA) is 16.1 Å². The fourth-order valence-electron chi connectivity index (χ4n) is 3.25. The van der Waals surface area contributed by atoms with Crippen LogP contribution in [0.4, 0.5) is 14.5 Å². The first-order valence-corrected chi connectivity index (χ1v) is 7.76. The maximum Gasteiger partial charge on any atom is 0.157 e. The van der Waals surface area contributed by atoms with Gasteiger partial charge in [0.05, 0.1) is 0 Å². The minimum absolute atomic E-state index is 0.00142. The number of anilines is 1. The lowest BCUT2D eigenvalue weighted by molar-refractivity contribution is 0.468. The fraction of sp³-hybridized carbons (Fsp3) is 0.389. The van der Waals surface area contributed by atoms with Crippen LogP contribution in [0.15, 0.2) is 60.1 Å². The summed E-state index contributed by atoms with van der Waals surface area (Å²) in [5.41, 5.74) is 2.57. The Kier molecular flexibility index (Phi) is 4.36. The Hall–Kier alpha value is -1.97. The van der Waals surface area contributed by atoms with Crippen LogP contribution in [0.2, 0.25) is 0 Å². The average Bonchev–Trinajstić information content (AvgIpc) is 2.73. The third kappa shape index (κ3) is 2.96. The highest BCUT2D eigenvalue weighted by atomic mass is 19.2. The molecule has 1 aromatic heterocycles. The van der Waals surface area contributed by atoms with E-state index in [9.17, 15) is 8.78 Å². The van der Waals surface area contributed by atoms with Crippen molar-refractivity contribution in [3.8, 4) is 0 Å². The van der Waals surface area contributed by atoms with E-state index in [1.54, 1.807) is 12.4 Å². The summed E-state index contributed by atoms with van der Waals surface area (Å²) in [7, 11) is 0. The summed E-state index contributed by atoms with van der Waals surface area (Å²) in [5.74, 6) is -1.24. The molecule has 0 N–H and O–H groups in total. The zero-order valence-corrected chi connectivity index (χ0v) is 12.6. The molecule has 0 spiro atoms. The second-order valence-electron chi connectivity index (χ2n) is 5.89. The zero-order valence-electron chi connectivity index (χ0n) is 12.6. The lowest BCUT2D eigenvalue weighted by Gasteiger charge is -2.29. The van der Waals surface area contributed by atoms with Crippen LogP contribution in [0.25, 0.3) is 0 Å². The summed E-state index contributed by atoms with van der Waals surface area (Å²) in [5, 5.41) is 0. The lowest BCUT2D eigenvalue weighted by atomic mass is 9.89. The molecule has 2 aliphatic rings. The van der Waals surface area contributed by atoms with Crippen molar-refractivity contribution in [2.24, 2.45) is 5.92 Å². The Morgan fingerprint density at radius 2 is 1.95 bits per heavy atom. The smallest absolute Gasteiger partial charge is 0.157 e. The van der Waals surface area contributed by atoms with Crippen molar-refractivity contribution in [2.45, 2.75) is 32.1 Å². The van der Waals surface area contributed by atoms with E-state index in [0.717, 1.165) is 30.6 Å². The standard InChI is InChI=1S/C18H20F2N2/c1-13-4-2-5-14(16-6-3-7-17(19)18(16)20)12-22(13)15-8-10-21-11-9-15/h6,8-11,14H,1-5,7,12H2. The zero-order chi connectivity index (χ0) is 15.5. The van der Waals surface area contributed by atoms with Gasteiger partial charge in [-0.1, -0.05) is 12.7 Å². The van der Waals surface area contributed by atoms with Crippen molar-refractivity contribution in [2.75, 3.05) is 11.4 Å². The predicted molar refractivity (Wildman–Crippen MR) is 84.6 cm³/mol. The highest BCUT2D eigenvalue weighted by molar-refractivity contribution is 5.51. The van der Waals surface area contributed by atoms with Crippen molar-refractivity contribution in [1.82, 2.24) is 4.98 Å². The molecule has 1 saturated heterocycles. The number of allylic oxidation sites excluding steroid dienone is 4. The van der Waals surface area contributed by atoms with Gasteiger partial charge >= 0.3 is 0 Å². The van der Waals surface area contributed by atoms with Gasteiger partial charge in [0.1, 0.15) is 5.83 Å². The molecule has 1 aliphatic heterocycles. The van der Waals surface area contributed by atoms with Crippen LogP contribution >= 0.6 is 0 Å². The third-order valence-corrected chi connectivity index (χ3v) is 4.44. The van der Waals surface area contributed by atoms with Gasteiger partial charge in [-0.25, -0.2) is 8.78 Å². The van der Waals surface area contributed by atoms with Gasteiger partial charge in [0.25, 0.3) is 0 Å². The van der Waals surface area contributed by atoms with E-state index in [0.29, 0.717) is 18.5 Å². The van der Waals surface area contributed by atoms with Gasteiger partial charge in [0, 0.05) is 42.7 Å². The van der Waals surface area contributed by atoms with Gasteiger partial charge in [0.15, 0.2) is 5.83 Å². The van der Waals surface area contributed by atoms with Gasteiger partial charge in [0.2, 0.25) is 0 Å².